The van der Waals surface area contributed by atoms with Crippen molar-refractivity contribution >= 4 is 17.5 Å². The maximum Gasteiger partial charge on any atom is 0.242 e. The third kappa shape index (κ3) is 5.84. The Hall–Kier alpha value is -1.88. The van der Waals surface area contributed by atoms with E-state index in [0.29, 0.717) is 24.2 Å². The summed E-state index contributed by atoms with van der Waals surface area (Å²) in [5.74, 6) is 1.64. The monoisotopic (exact) mass is 413 g/mol. The lowest BCUT2D eigenvalue weighted by Crippen LogP contribution is -2.57. The molecule has 1 saturated heterocycles. The van der Waals surface area contributed by atoms with Gasteiger partial charge in [0.05, 0.1) is 6.04 Å². The minimum absolute atomic E-state index is 0.0976. The molecule has 0 bridgehead atoms. The van der Waals surface area contributed by atoms with Gasteiger partial charge in [-0.3, -0.25) is 14.5 Å². The minimum Gasteiger partial charge on any atom is -0.340 e. The van der Waals surface area contributed by atoms with Crippen LogP contribution in [0.3, 0.4) is 0 Å². The standard InChI is InChI=1S/C25H39N3O2/c1-18(2)17-23(29)27-13-15-28(16-14-27)24(21-7-5-6-8-21)25(30)26-22-11-9-20(10-12-22)19(3)4/h9-12,18-19,21,24H,5-8,13-17H2,1-4H3,(H,26,30). The molecule has 0 spiro atoms. The molecule has 166 valence electrons. The fourth-order valence-electron chi connectivity index (χ4n) is 4.85. The molecule has 1 heterocycles. The lowest BCUT2D eigenvalue weighted by molar-refractivity contribution is -0.135. The highest BCUT2D eigenvalue weighted by atomic mass is 16.2. The Balaban J connectivity index is 1.65. The van der Waals surface area contributed by atoms with E-state index in [4.69, 9.17) is 0 Å². The first-order valence-corrected chi connectivity index (χ1v) is 11.8. The highest BCUT2D eigenvalue weighted by Crippen LogP contribution is 2.32. The fourth-order valence-corrected chi connectivity index (χ4v) is 4.85. The third-order valence-corrected chi connectivity index (χ3v) is 6.60. The number of carbonyl (C=O) groups is 2. The van der Waals surface area contributed by atoms with Crippen molar-refractivity contribution < 1.29 is 9.59 Å². The number of hydrogen-bond donors (Lipinski definition) is 1. The molecule has 0 aromatic heterocycles. The van der Waals surface area contributed by atoms with E-state index in [9.17, 15) is 9.59 Å². The van der Waals surface area contributed by atoms with Gasteiger partial charge in [0.25, 0.3) is 0 Å². The first-order valence-electron chi connectivity index (χ1n) is 11.8. The zero-order valence-corrected chi connectivity index (χ0v) is 19.2. The van der Waals surface area contributed by atoms with Gasteiger partial charge in [-0.1, -0.05) is 52.7 Å². The first kappa shape index (κ1) is 22.8. The lowest BCUT2D eigenvalue weighted by Gasteiger charge is -2.41. The van der Waals surface area contributed by atoms with Crippen molar-refractivity contribution in [1.82, 2.24) is 9.80 Å². The molecular formula is C25H39N3O2. The van der Waals surface area contributed by atoms with Crippen LogP contribution in [-0.2, 0) is 9.59 Å². The quantitative estimate of drug-likeness (QED) is 0.716. The van der Waals surface area contributed by atoms with Gasteiger partial charge in [0.2, 0.25) is 11.8 Å². The van der Waals surface area contributed by atoms with Gasteiger partial charge < -0.3 is 10.2 Å². The molecule has 1 atom stereocenters. The van der Waals surface area contributed by atoms with E-state index in [1.54, 1.807) is 0 Å². The number of amides is 2. The van der Waals surface area contributed by atoms with Crippen LogP contribution in [0.2, 0.25) is 0 Å². The summed E-state index contributed by atoms with van der Waals surface area (Å²) in [6, 6.07) is 8.14. The van der Waals surface area contributed by atoms with Gasteiger partial charge in [-0.05, 0) is 48.3 Å². The number of anilines is 1. The Morgan fingerprint density at radius 1 is 0.967 bits per heavy atom. The van der Waals surface area contributed by atoms with Gasteiger partial charge in [-0.2, -0.15) is 0 Å². The summed E-state index contributed by atoms with van der Waals surface area (Å²) in [5, 5.41) is 3.18. The second kappa shape index (κ2) is 10.4. The predicted octanol–water partition coefficient (Wildman–Crippen LogP) is 4.50. The molecule has 1 aromatic carbocycles. The Morgan fingerprint density at radius 3 is 2.10 bits per heavy atom. The maximum atomic E-state index is 13.3. The first-order chi connectivity index (χ1) is 14.3. The summed E-state index contributed by atoms with van der Waals surface area (Å²) < 4.78 is 0. The van der Waals surface area contributed by atoms with E-state index in [2.05, 4.69) is 50.0 Å². The molecule has 30 heavy (non-hydrogen) atoms. The van der Waals surface area contributed by atoms with Crippen LogP contribution < -0.4 is 5.32 Å². The summed E-state index contributed by atoms with van der Waals surface area (Å²) >= 11 is 0. The van der Waals surface area contributed by atoms with Crippen molar-refractivity contribution in [3.8, 4) is 0 Å². The molecule has 3 rings (SSSR count). The molecule has 5 heteroatoms. The van der Waals surface area contributed by atoms with Gasteiger partial charge >= 0.3 is 0 Å². The van der Waals surface area contributed by atoms with E-state index >= 15 is 0 Å². The second-order valence-electron chi connectivity index (χ2n) is 9.77. The van der Waals surface area contributed by atoms with Crippen LogP contribution in [0.15, 0.2) is 24.3 Å². The van der Waals surface area contributed by atoms with Crippen molar-refractivity contribution in [3.63, 3.8) is 0 Å². The minimum atomic E-state index is -0.0976. The largest absolute Gasteiger partial charge is 0.340 e. The Morgan fingerprint density at radius 2 is 1.57 bits per heavy atom. The van der Waals surface area contributed by atoms with Crippen LogP contribution in [0.5, 0.6) is 0 Å². The average Bonchev–Trinajstić information content (AvgIpc) is 3.22. The maximum absolute atomic E-state index is 13.3. The fraction of sp³-hybridized carbons (Fsp3) is 0.680. The Bertz CT molecular complexity index is 700. The van der Waals surface area contributed by atoms with Gasteiger partial charge in [0, 0.05) is 38.3 Å². The molecule has 1 unspecified atom stereocenters. The van der Waals surface area contributed by atoms with Crippen molar-refractivity contribution in [2.24, 2.45) is 11.8 Å². The summed E-state index contributed by atoms with van der Waals surface area (Å²) in [5.41, 5.74) is 2.15. The van der Waals surface area contributed by atoms with Gasteiger partial charge in [-0.15, -0.1) is 0 Å². The predicted molar refractivity (Wildman–Crippen MR) is 123 cm³/mol. The molecule has 1 N–H and O–H groups in total. The molecule has 2 fully saturated rings. The molecule has 2 amide bonds. The number of rotatable bonds is 7. The topological polar surface area (TPSA) is 52.7 Å². The molecule has 1 aliphatic heterocycles. The van der Waals surface area contributed by atoms with Crippen molar-refractivity contribution in [3.05, 3.63) is 29.8 Å². The van der Waals surface area contributed by atoms with Crippen LogP contribution in [-0.4, -0.2) is 53.8 Å². The van der Waals surface area contributed by atoms with Crippen molar-refractivity contribution in [2.75, 3.05) is 31.5 Å². The van der Waals surface area contributed by atoms with Gasteiger partial charge in [0.15, 0.2) is 0 Å². The number of nitrogens with one attached hydrogen (secondary N) is 1. The van der Waals surface area contributed by atoms with Crippen molar-refractivity contribution in [1.29, 1.82) is 0 Å². The Kier molecular flexibility index (Phi) is 7.93. The van der Waals surface area contributed by atoms with Crippen LogP contribution in [0.1, 0.15) is 71.3 Å². The van der Waals surface area contributed by atoms with Crippen LogP contribution in [0.4, 0.5) is 5.69 Å². The molecular weight excluding hydrogens is 374 g/mol. The molecule has 1 aliphatic carbocycles. The number of hydrogen-bond acceptors (Lipinski definition) is 3. The average molecular weight is 414 g/mol. The molecule has 0 radical (unpaired) electrons. The highest BCUT2D eigenvalue weighted by Gasteiger charge is 2.37. The number of benzene rings is 1. The molecule has 5 nitrogen and oxygen atoms in total. The normalized spacial score (nSPS) is 19.5. The lowest BCUT2D eigenvalue weighted by atomic mass is 9.94. The smallest absolute Gasteiger partial charge is 0.242 e. The zero-order chi connectivity index (χ0) is 21.7. The van der Waals surface area contributed by atoms with E-state index in [1.165, 1.54) is 18.4 Å². The summed E-state index contributed by atoms with van der Waals surface area (Å²) in [6.07, 6.45) is 5.28. The molecule has 1 saturated carbocycles. The van der Waals surface area contributed by atoms with Crippen LogP contribution in [0.25, 0.3) is 0 Å². The van der Waals surface area contributed by atoms with E-state index in [0.717, 1.165) is 44.7 Å². The summed E-state index contributed by atoms with van der Waals surface area (Å²) in [7, 11) is 0. The molecule has 1 aromatic rings. The zero-order valence-electron chi connectivity index (χ0n) is 19.2. The SMILES string of the molecule is CC(C)CC(=O)N1CCN(C(C(=O)Nc2ccc(C(C)C)cc2)C2CCCC2)CC1. The number of carbonyl (C=O) groups excluding carboxylic acids is 2. The third-order valence-electron chi connectivity index (χ3n) is 6.60. The van der Waals surface area contributed by atoms with Crippen LogP contribution in [0, 0.1) is 11.8 Å². The molecule has 2 aliphatic rings. The van der Waals surface area contributed by atoms with Gasteiger partial charge in [0.1, 0.15) is 0 Å². The van der Waals surface area contributed by atoms with Crippen LogP contribution >= 0.6 is 0 Å². The van der Waals surface area contributed by atoms with E-state index < -0.39 is 0 Å². The number of nitrogens with zero attached hydrogens (tertiary/aromatic N) is 2. The van der Waals surface area contributed by atoms with E-state index in [1.807, 2.05) is 17.0 Å². The Labute approximate surface area is 182 Å². The second-order valence-corrected chi connectivity index (χ2v) is 9.77. The number of piperazine rings is 1. The van der Waals surface area contributed by atoms with E-state index in [-0.39, 0.29) is 17.9 Å². The summed E-state index contributed by atoms with van der Waals surface area (Å²) in [4.78, 5) is 30.1. The highest BCUT2D eigenvalue weighted by molar-refractivity contribution is 5.95. The van der Waals surface area contributed by atoms with Crippen molar-refractivity contribution in [2.45, 2.75) is 71.8 Å². The van der Waals surface area contributed by atoms with Gasteiger partial charge in [-0.25, -0.2) is 0 Å². The summed E-state index contributed by atoms with van der Waals surface area (Å²) in [6.45, 7) is 11.5.